The largest absolute Gasteiger partial charge is 0.598 e. The summed E-state index contributed by atoms with van der Waals surface area (Å²) < 4.78 is 42.2. The van der Waals surface area contributed by atoms with Crippen molar-refractivity contribution in [3.8, 4) is 0 Å². The predicted molar refractivity (Wildman–Crippen MR) is 101 cm³/mol. The highest BCUT2D eigenvalue weighted by Crippen LogP contribution is 2.23. The Morgan fingerprint density at radius 1 is 1.25 bits per heavy atom. The van der Waals surface area contributed by atoms with Crippen molar-refractivity contribution in [2.75, 3.05) is 0 Å². The van der Waals surface area contributed by atoms with Crippen LogP contribution in [0.2, 0.25) is 0 Å². The smallest absolute Gasteiger partial charge is 0.267 e. The Morgan fingerprint density at radius 2 is 1.83 bits per heavy atom. The summed E-state index contributed by atoms with van der Waals surface area (Å²) in [6.07, 6.45) is 1.51. The fraction of sp³-hybridized carbons (Fsp3) is 0.375. The average molecular weight is 433 g/mol. The van der Waals surface area contributed by atoms with Crippen LogP contribution in [0.1, 0.15) is 32.0 Å². The summed E-state index contributed by atoms with van der Waals surface area (Å²) in [4.78, 5) is 0.217. The number of rotatable bonds is 5. The van der Waals surface area contributed by atoms with E-state index in [4.69, 9.17) is 0 Å². The number of aryl methyl sites for hydroxylation is 1. The summed E-state index contributed by atoms with van der Waals surface area (Å²) in [7, 11) is -3.70. The first kappa shape index (κ1) is 19.5. The molecule has 2 rings (SSSR count). The zero-order chi connectivity index (χ0) is 18.1. The van der Waals surface area contributed by atoms with Gasteiger partial charge in [-0.2, -0.15) is 0 Å². The Balaban J connectivity index is 2.33. The molecule has 0 aliphatic heterocycles. The van der Waals surface area contributed by atoms with Gasteiger partial charge in [0.25, 0.3) is 10.0 Å². The summed E-state index contributed by atoms with van der Waals surface area (Å²) in [5.41, 5.74) is 1.50. The summed E-state index contributed by atoms with van der Waals surface area (Å²) >= 11 is 2.03. The van der Waals surface area contributed by atoms with E-state index in [2.05, 4.69) is 20.7 Å². The molecule has 0 fully saturated rings. The molecule has 0 aliphatic carbocycles. The summed E-state index contributed by atoms with van der Waals surface area (Å²) in [6, 6.07) is 8.40. The SMILES string of the molecule is Cc1ccc(S(=O)(=O)n2cc(Br)cc2CN[S+]([O-])C(C)(C)C)cc1. The van der Waals surface area contributed by atoms with Crippen molar-refractivity contribution in [2.24, 2.45) is 0 Å². The molecule has 0 spiro atoms. The summed E-state index contributed by atoms with van der Waals surface area (Å²) in [5.74, 6) is 0. The Bertz CT molecular complexity index is 809. The Labute approximate surface area is 155 Å². The molecule has 0 amide bonds. The van der Waals surface area contributed by atoms with Gasteiger partial charge in [-0.15, -0.1) is 4.72 Å². The molecule has 1 N–H and O–H groups in total. The van der Waals surface area contributed by atoms with Crippen molar-refractivity contribution >= 4 is 37.3 Å². The Morgan fingerprint density at radius 3 is 2.38 bits per heavy atom. The number of nitrogens with one attached hydrogen (secondary N) is 1. The van der Waals surface area contributed by atoms with Gasteiger partial charge in [0.1, 0.15) is 4.75 Å². The van der Waals surface area contributed by atoms with Gasteiger partial charge in [0.15, 0.2) is 0 Å². The first-order chi connectivity index (χ1) is 11.0. The number of hydrogen-bond acceptors (Lipinski definition) is 4. The van der Waals surface area contributed by atoms with Crippen molar-refractivity contribution in [2.45, 2.75) is 43.9 Å². The molecular formula is C16H21BrN2O3S2. The minimum absolute atomic E-state index is 0.181. The van der Waals surface area contributed by atoms with Crippen LogP contribution < -0.4 is 4.72 Å². The van der Waals surface area contributed by atoms with Crippen molar-refractivity contribution in [1.82, 2.24) is 8.69 Å². The van der Waals surface area contributed by atoms with E-state index >= 15 is 0 Å². The summed E-state index contributed by atoms with van der Waals surface area (Å²) in [6.45, 7) is 7.65. The molecule has 0 saturated heterocycles. The van der Waals surface area contributed by atoms with Crippen molar-refractivity contribution < 1.29 is 13.0 Å². The molecule has 1 heterocycles. The Kier molecular flexibility index (Phi) is 5.87. The van der Waals surface area contributed by atoms with Gasteiger partial charge in [0, 0.05) is 22.0 Å². The number of hydrogen-bond donors (Lipinski definition) is 1. The standard InChI is InChI=1S/C16H21BrN2O3S2/c1-12-5-7-15(8-6-12)24(21,22)19-11-13(17)9-14(19)10-18-23(20)16(2,3)4/h5-9,11,18H,10H2,1-4H3. The molecular weight excluding hydrogens is 412 g/mol. The quantitative estimate of drug-likeness (QED) is 0.734. The lowest BCUT2D eigenvalue weighted by molar-refractivity contribution is 0.542. The van der Waals surface area contributed by atoms with Gasteiger partial charge in [0.2, 0.25) is 0 Å². The highest BCUT2D eigenvalue weighted by molar-refractivity contribution is 9.10. The molecule has 1 aromatic carbocycles. The molecule has 1 unspecified atom stereocenters. The van der Waals surface area contributed by atoms with E-state index in [1.807, 2.05) is 27.7 Å². The molecule has 132 valence electrons. The van der Waals surface area contributed by atoms with Crippen LogP contribution in [-0.2, 0) is 27.9 Å². The van der Waals surface area contributed by atoms with Gasteiger partial charge in [-0.05, 0) is 61.8 Å². The molecule has 0 bridgehead atoms. The number of benzene rings is 1. The molecule has 0 saturated carbocycles. The van der Waals surface area contributed by atoms with E-state index in [9.17, 15) is 13.0 Å². The van der Waals surface area contributed by atoms with E-state index in [-0.39, 0.29) is 11.4 Å². The maximum Gasteiger partial charge on any atom is 0.267 e. The normalized spacial score (nSPS) is 13.9. The maximum atomic E-state index is 12.9. The van der Waals surface area contributed by atoms with Gasteiger partial charge in [-0.1, -0.05) is 17.7 Å². The third-order valence-corrected chi connectivity index (χ3v) is 7.02. The second kappa shape index (κ2) is 7.21. The molecule has 24 heavy (non-hydrogen) atoms. The molecule has 1 atom stereocenters. The molecule has 0 radical (unpaired) electrons. The van der Waals surface area contributed by atoms with Gasteiger partial charge < -0.3 is 4.55 Å². The number of aromatic nitrogens is 1. The lowest BCUT2D eigenvalue weighted by Gasteiger charge is -2.23. The van der Waals surface area contributed by atoms with Gasteiger partial charge in [-0.3, -0.25) is 0 Å². The highest BCUT2D eigenvalue weighted by Gasteiger charge is 2.27. The summed E-state index contributed by atoms with van der Waals surface area (Å²) in [5, 5.41) is 0. The average Bonchev–Trinajstić information content (AvgIpc) is 2.86. The van der Waals surface area contributed by atoms with Crippen LogP contribution in [0.25, 0.3) is 0 Å². The zero-order valence-electron chi connectivity index (χ0n) is 14.0. The van der Waals surface area contributed by atoms with Crippen LogP contribution in [0.4, 0.5) is 0 Å². The van der Waals surface area contributed by atoms with Gasteiger partial charge in [-0.25, -0.2) is 12.4 Å². The fourth-order valence-corrected chi connectivity index (χ4v) is 4.69. The van der Waals surface area contributed by atoms with Crippen molar-refractivity contribution in [3.63, 3.8) is 0 Å². The molecule has 5 nitrogen and oxygen atoms in total. The van der Waals surface area contributed by atoms with Crippen LogP contribution in [-0.4, -0.2) is 21.7 Å². The second-order valence-corrected chi connectivity index (χ2v) is 11.2. The van der Waals surface area contributed by atoms with E-state index in [1.165, 1.54) is 10.2 Å². The van der Waals surface area contributed by atoms with E-state index in [1.54, 1.807) is 30.3 Å². The predicted octanol–water partition coefficient (Wildman–Crippen LogP) is 3.35. The van der Waals surface area contributed by atoms with Crippen molar-refractivity contribution in [1.29, 1.82) is 0 Å². The highest BCUT2D eigenvalue weighted by atomic mass is 79.9. The maximum absolute atomic E-state index is 12.9. The Hall–Kier alpha value is -0.800. The third kappa shape index (κ3) is 4.43. The van der Waals surface area contributed by atoms with Crippen LogP contribution in [0, 0.1) is 6.92 Å². The molecule has 8 heteroatoms. The lowest BCUT2D eigenvalue weighted by atomic mass is 10.2. The monoisotopic (exact) mass is 432 g/mol. The van der Waals surface area contributed by atoms with Crippen LogP contribution in [0.5, 0.6) is 0 Å². The molecule has 0 aliphatic rings. The van der Waals surface area contributed by atoms with E-state index in [0.29, 0.717) is 10.2 Å². The van der Waals surface area contributed by atoms with Gasteiger partial charge >= 0.3 is 0 Å². The molecule has 1 aromatic heterocycles. The van der Waals surface area contributed by atoms with Gasteiger partial charge in [0.05, 0.1) is 17.1 Å². The van der Waals surface area contributed by atoms with Crippen LogP contribution in [0.15, 0.2) is 45.9 Å². The van der Waals surface area contributed by atoms with Crippen LogP contribution in [0.3, 0.4) is 0 Å². The number of halogens is 1. The molecule has 2 aromatic rings. The fourth-order valence-electron chi connectivity index (χ4n) is 1.99. The van der Waals surface area contributed by atoms with Crippen LogP contribution >= 0.6 is 15.9 Å². The first-order valence-electron chi connectivity index (χ1n) is 7.36. The second-order valence-electron chi connectivity index (χ2n) is 6.47. The minimum atomic E-state index is -3.70. The zero-order valence-corrected chi connectivity index (χ0v) is 17.3. The first-order valence-corrected chi connectivity index (χ1v) is 10.7. The third-order valence-electron chi connectivity index (χ3n) is 3.35. The van der Waals surface area contributed by atoms with E-state index < -0.39 is 26.1 Å². The topological polar surface area (TPSA) is 74.2 Å². The minimum Gasteiger partial charge on any atom is -0.598 e. The van der Waals surface area contributed by atoms with E-state index in [0.717, 1.165) is 5.56 Å². The van der Waals surface area contributed by atoms with Crippen molar-refractivity contribution in [3.05, 3.63) is 52.3 Å². The number of nitrogens with zero attached hydrogens (tertiary/aromatic N) is 1. The lowest BCUT2D eigenvalue weighted by Crippen LogP contribution is -2.39.